The number of rotatable bonds is 6. The minimum atomic E-state index is -0.453. The van der Waals surface area contributed by atoms with E-state index < -0.39 is 5.60 Å². The Morgan fingerprint density at radius 3 is 2.40 bits per heavy atom. The van der Waals surface area contributed by atoms with E-state index in [9.17, 15) is 9.59 Å². The van der Waals surface area contributed by atoms with Crippen LogP contribution in [0.3, 0.4) is 0 Å². The number of aryl methyl sites for hydroxylation is 1. The summed E-state index contributed by atoms with van der Waals surface area (Å²) in [5, 5.41) is 3.39. The fourth-order valence-corrected chi connectivity index (χ4v) is 5.55. The van der Waals surface area contributed by atoms with Crippen LogP contribution in [0.2, 0.25) is 0 Å². The van der Waals surface area contributed by atoms with Gasteiger partial charge in [-0.1, -0.05) is 19.8 Å². The van der Waals surface area contributed by atoms with Gasteiger partial charge in [0.05, 0.1) is 4.88 Å². The standard InChI is InChI=1S/C24H38N2O3S/c1-5-19-10-11-21(30-19)22(27)25-20(18-8-6-7-9-18)16-17-12-14-26(15-13-17)23(28)29-24(2,3)4/h10-11,17-18,20H,5-9,12-16H2,1-4H3,(H,25,27). The van der Waals surface area contributed by atoms with Gasteiger partial charge in [0.1, 0.15) is 5.60 Å². The zero-order valence-corrected chi connectivity index (χ0v) is 19.9. The largest absolute Gasteiger partial charge is 0.444 e. The molecule has 3 rings (SSSR count). The van der Waals surface area contributed by atoms with E-state index in [1.165, 1.54) is 30.6 Å². The molecule has 2 heterocycles. The number of hydrogen-bond acceptors (Lipinski definition) is 4. The third-order valence-electron chi connectivity index (χ3n) is 6.37. The van der Waals surface area contributed by atoms with Crippen molar-refractivity contribution in [3.05, 3.63) is 21.9 Å². The molecule has 6 heteroatoms. The Bertz CT molecular complexity index is 710. The second-order valence-corrected chi connectivity index (χ2v) is 11.1. The summed E-state index contributed by atoms with van der Waals surface area (Å²) >= 11 is 1.61. The van der Waals surface area contributed by atoms with Crippen molar-refractivity contribution in [3.63, 3.8) is 0 Å². The second kappa shape index (κ2) is 10.2. The molecule has 2 fully saturated rings. The SMILES string of the molecule is CCc1ccc(C(=O)NC(CC2CCN(C(=O)OC(C)(C)C)CC2)C2CCCC2)s1. The number of piperidine rings is 1. The Labute approximate surface area is 185 Å². The summed E-state index contributed by atoms with van der Waals surface area (Å²) in [6.07, 6.45) is 8.73. The van der Waals surface area contributed by atoms with E-state index in [4.69, 9.17) is 4.74 Å². The number of amides is 2. The fraction of sp³-hybridized carbons (Fsp3) is 0.750. The summed E-state index contributed by atoms with van der Waals surface area (Å²) in [6, 6.07) is 4.27. The molecule has 0 aromatic carbocycles. The van der Waals surface area contributed by atoms with Crippen molar-refractivity contribution < 1.29 is 14.3 Å². The monoisotopic (exact) mass is 434 g/mol. The average Bonchev–Trinajstić information content (AvgIpc) is 3.38. The summed E-state index contributed by atoms with van der Waals surface area (Å²) in [4.78, 5) is 29.1. The lowest BCUT2D eigenvalue weighted by atomic mass is 9.84. The van der Waals surface area contributed by atoms with E-state index >= 15 is 0 Å². The number of hydrogen-bond donors (Lipinski definition) is 1. The van der Waals surface area contributed by atoms with Crippen LogP contribution in [0, 0.1) is 11.8 Å². The third kappa shape index (κ3) is 6.47. The van der Waals surface area contributed by atoms with Crippen molar-refractivity contribution in [1.82, 2.24) is 10.2 Å². The lowest BCUT2D eigenvalue weighted by molar-refractivity contribution is 0.0176. The Balaban J connectivity index is 1.55. The maximum absolute atomic E-state index is 12.9. The molecule has 1 atom stereocenters. The minimum absolute atomic E-state index is 0.0859. The summed E-state index contributed by atoms with van der Waals surface area (Å²) < 4.78 is 5.52. The first-order valence-corrected chi connectivity index (χ1v) is 12.4. The molecule has 2 amide bonds. The van der Waals surface area contributed by atoms with Crippen LogP contribution < -0.4 is 5.32 Å². The van der Waals surface area contributed by atoms with Crippen LogP contribution in [-0.2, 0) is 11.2 Å². The van der Waals surface area contributed by atoms with Gasteiger partial charge < -0.3 is 15.0 Å². The summed E-state index contributed by atoms with van der Waals surface area (Å²) in [5.41, 5.74) is -0.453. The van der Waals surface area contributed by atoms with Crippen molar-refractivity contribution in [2.24, 2.45) is 11.8 Å². The molecule has 1 aliphatic heterocycles. The molecule has 1 aromatic heterocycles. The fourth-order valence-electron chi connectivity index (χ4n) is 4.70. The van der Waals surface area contributed by atoms with Gasteiger partial charge in [-0.15, -0.1) is 11.3 Å². The van der Waals surface area contributed by atoms with Gasteiger partial charge in [-0.2, -0.15) is 0 Å². The van der Waals surface area contributed by atoms with Crippen LogP contribution in [0.4, 0.5) is 4.79 Å². The maximum Gasteiger partial charge on any atom is 0.410 e. The Morgan fingerprint density at radius 2 is 1.83 bits per heavy atom. The van der Waals surface area contributed by atoms with Gasteiger partial charge in [-0.05, 0) is 83.3 Å². The highest BCUT2D eigenvalue weighted by Crippen LogP contribution is 2.33. The number of likely N-dealkylation sites (tertiary alicyclic amines) is 1. The first-order chi connectivity index (χ1) is 14.2. The molecule has 1 aromatic rings. The van der Waals surface area contributed by atoms with Crippen molar-refractivity contribution in [1.29, 1.82) is 0 Å². The molecule has 1 unspecified atom stereocenters. The quantitative estimate of drug-likeness (QED) is 0.631. The van der Waals surface area contributed by atoms with Gasteiger partial charge in [0.25, 0.3) is 5.91 Å². The number of thiophene rings is 1. The van der Waals surface area contributed by atoms with Crippen LogP contribution in [-0.4, -0.2) is 41.6 Å². The number of carbonyl (C=O) groups excluding carboxylic acids is 2. The number of nitrogens with one attached hydrogen (secondary N) is 1. The molecule has 168 valence electrons. The van der Waals surface area contributed by atoms with Gasteiger partial charge in [-0.25, -0.2) is 4.79 Å². The normalized spacial score (nSPS) is 19.7. The number of carbonyl (C=O) groups is 2. The highest BCUT2D eigenvalue weighted by Gasteiger charge is 2.32. The molecule has 1 saturated carbocycles. The highest BCUT2D eigenvalue weighted by molar-refractivity contribution is 7.14. The van der Waals surface area contributed by atoms with Crippen LogP contribution in [0.5, 0.6) is 0 Å². The van der Waals surface area contributed by atoms with Gasteiger partial charge >= 0.3 is 6.09 Å². The maximum atomic E-state index is 12.9. The van der Waals surface area contributed by atoms with Crippen LogP contribution in [0.15, 0.2) is 12.1 Å². The Hall–Kier alpha value is -1.56. The molecular formula is C24H38N2O3S. The molecular weight excluding hydrogens is 396 g/mol. The molecule has 30 heavy (non-hydrogen) atoms. The van der Waals surface area contributed by atoms with Crippen LogP contribution in [0.1, 0.15) is 87.2 Å². The molecule has 0 bridgehead atoms. The summed E-state index contributed by atoms with van der Waals surface area (Å²) in [6.45, 7) is 9.33. The average molecular weight is 435 g/mol. The Kier molecular flexibility index (Phi) is 7.83. The number of nitrogens with zero attached hydrogens (tertiary/aromatic N) is 1. The smallest absolute Gasteiger partial charge is 0.410 e. The first kappa shape index (κ1) is 23.1. The zero-order chi connectivity index (χ0) is 21.7. The van der Waals surface area contributed by atoms with E-state index in [0.29, 0.717) is 11.8 Å². The van der Waals surface area contributed by atoms with E-state index in [1.807, 2.05) is 31.7 Å². The van der Waals surface area contributed by atoms with E-state index in [0.717, 1.165) is 43.6 Å². The van der Waals surface area contributed by atoms with Gasteiger partial charge in [-0.3, -0.25) is 4.79 Å². The zero-order valence-electron chi connectivity index (χ0n) is 19.0. The Morgan fingerprint density at radius 1 is 1.17 bits per heavy atom. The van der Waals surface area contributed by atoms with Gasteiger partial charge in [0, 0.05) is 24.0 Å². The molecule has 2 aliphatic rings. The topological polar surface area (TPSA) is 58.6 Å². The lowest BCUT2D eigenvalue weighted by Gasteiger charge is -2.36. The highest BCUT2D eigenvalue weighted by atomic mass is 32.1. The molecule has 1 aliphatic carbocycles. The predicted octanol–water partition coefficient (Wildman–Crippen LogP) is 5.64. The van der Waals surface area contributed by atoms with E-state index in [2.05, 4.69) is 18.3 Å². The van der Waals surface area contributed by atoms with E-state index in [-0.39, 0.29) is 18.0 Å². The molecule has 0 spiro atoms. The molecule has 1 N–H and O–H groups in total. The molecule has 0 radical (unpaired) electrons. The van der Waals surface area contributed by atoms with Gasteiger partial charge in [0.15, 0.2) is 0 Å². The van der Waals surface area contributed by atoms with Crippen molar-refractivity contribution in [2.75, 3.05) is 13.1 Å². The predicted molar refractivity (Wildman–Crippen MR) is 122 cm³/mol. The van der Waals surface area contributed by atoms with Crippen molar-refractivity contribution in [2.45, 2.75) is 90.7 Å². The van der Waals surface area contributed by atoms with Crippen LogP contribution in [0.25, 0.3) is 0 Å². The van der Waals surface area contributed by atoms with E-state index in [1.54, 1.807) is 11.3 Å². The first-order valence-electron chi connectivity index (χ1n) is 11.6. The van der Waals surface area contributed by atoms with Crippen molar-refractivity contribution >= 4 is 23.3 Å². The number of ether oxygens (including phenoxy) is 1. The van der Waals surface area contributed by atoms with Crippen LogP contribution >= 0.6 is 11.3 Å². The summed E-state index contributed by atoms with van der Waals surface area (Å²) in [5.74, 6) is 1.22. The summed E-state index contributed by atoms with van der Waals surface area (Å²) in [7, 11) is 0. The lowest BCUT2D eigenvalue weighted by Crippen LogP contribution is -2.44. The van der Waals surface area contributed by atoms with Crippen molar-refractivity contribution in [3.8, 4) is 0 Å². The molecule has 1 saturated heterocycles. The second-order valence-electron chi connectivity index (χ2n) is 9.89. The minimum Gasteiger partial charge on any atom is -0.444 e. The third-order valence-corrected chi connectivity index (χ3v) is 7.60. The molecule has 5 nitrogen and oxygen atoms in total. The van der Waals surface area contributed by atoms with Gasteiger partial charge in [0.2, 0.25) is 0 Å².